The molecule has 0 aliphatic rings. The molecule has 2 rings (SSSR count). The van der Waals surface area contributed by atoms with Gasteiger partial charge in [0.1, 0.15) is 0 Å². The fourth-order valence-corrected chi connectivity index (χ4v) is 1.98. The van der Waals surface area contributed by atoms with Crippen LogP contribution in [0.3, 0.4) is 0 Å². The van der Waals surface area contributed by atoms with E-state index in [9.17, 15) is 0 Å². The summed E-state index contributed by atoms with van der Waals surface area (Å²) >= 11 is 7.53. The monoisotopic (exact) mass is 224 g/mol. The van der Waals surface area contributed by atoms with Crippen LogP contribution in [0.15, 0.2) is 41.8 Å². The molecule has 0 aliphatic carbocycles. The molecule has 0 bridgehead atoms. The van der Waals surface area contributed by atoms with E-state index in [1.165, 1.54) is 0 Å². The summed E-state index contributed by atoms with van der Waals surface area (Å²) in [5.41, 5.74) is 1.04. The summed E-state index contributed by atoms with van der Waals surface area (Å²) in [6.07, 6.45) is 5.72. The number of aromatic nitrogens is 2. The number of nitrogens with zero attached hydrogens (tertiary/aromatic N) is 2. The normalized spacial score (nSPS) is 10.4. The van der Waals surface area contributed by atoms with Gasteiger partial charge in [-0.05, 0) is 24.5 Å². The van der Waals surface area contributed by atoms with Crippen molar-refractivity contribution in [3.8, 4) is 5.69 Å². The van der Waals surface area contributed by atoms with Crippen LogP contribution in [0.1, 0.15) is 0 Å². The molecule has 4 heteroatoms. The molecule has 0 fully saturated rings. The van der Waals surface area contributed by atoms with E-state index in [-0.39, 0.29) is 0 Å². The maximum atomic E-state index is 5.92. The van der Waals surface area contributed by atoms with Gasteiger partial charge in [-0.15, -0.1) is 0 Å². The van der Waals surface area contributed by atoms with Gasteiger partial charge in [-0.3, -0.25) is 4.57 Å². The highest BCUT2D eigenvalue weighted by Crippen LogP contribution is 2.20. The molecule has 2 aromatic rings. The highest BCUT2D eigenvalue weighted by atomic mass is 35.5. The smallest absolute Gasteiger partial charge is 0.172 e. The molecule has 1 aromatic heterocycles. The predicted molar refractivity (Wildman–Crippen MR) is 60.4 cm³/mol. The third-order valence-corrected chi connectivity index (χ3v) is 2.78. The fraction of sp³-hybridized carbons (Fsp3) is 0.100. The van der Waals surface area contributed by atoms with Gasteiger partial charge in [-0.25, -0.2) is 4.98 Å². The fourth-order valence-electron chi connectivity index (χ4n) is 1.26. The second-order valence-corrected chi connectivity index (χ2v) is 3.97. The summed E-state index contributed by atoms with van der Waals surface area (Å²) in [5, 5.41) is 1.70. The lowest BCUT2D eigenvalue weighted by Crippen LogP contribution is -1.93. The lowest BCUT2D eigenvalue weighted by molar-refractivity contribution is 0.898. The number of hydrogen-bond donors (Lipinski definition) is 0. The van der Waals surface area contributed by atoms with Crippen LogP contribution in [0.25, 0.3) is 5.69 Å². The Labute approximate surface area is 91.9 Å². The van der Waals surface area contributed by atoms with Crippen molar-refractivity contribution in [1.29, 1.82) is 0 Å². The van der Waals surface area contributed by atoms with Gasteiger partial charge < -0.3 is 0 Å². The van der Waals surface area contributed by atoms with E-state index in [0.717, 1.165) is 15.9 Å². The van der Waals surface area contributed by atoms with Crippen LogP contribution in [0, 0.1) is 0 Å². The molecule has 0 atom stereocenters. The summed E-state index contributed by atoms with van der Waals surface area (Å²) in [7, 11) is 0. The lowest BCUT2D eigenvalue weighted by atomic mass is 10.3. The third kappa shape index (κ3) is 1.79. The van der Waals surface area contributed by atoms with E-state index in [1.807, 2.05) is 41.3 Å². The van der Waals surface area contributed by atoms with E-state index in [0.29, 0.717) is 0 Å². The van der Waals surface area contributed by atoms with Gasteiger partial charge in [0.05, 0.1) is 0 Å². The van der Waals surface area contributed by atoms with Crippen molar-refractivity contribution in [2.24, 2.45) is 0 Å². The van der Waals surface area contributed by atoms with Crippen molar-refractivity contribution in [3.05, 3.63) is 41.7 Å². The number of rotatable bonds is 2. The summed E-state index contributed by atoms with van der Waals surface area (Å²) in [6, 6.07) is 7.72. The standard InChI is InChI=1S/C10H9ClN2S/c1-14-10-12-5-6-13(10)9-4-2-3-8(11)7-9/h2-7H,1H3. The molecule has 0 aliphatic heterocycles. The van der Waals surface area contributed by atoms with Gasteiger partial charge in [0.15, 0.2) is 5.16 Å². The minimum Gasteiger partial charge on any atom is -0.295 e. The Balaban J connectivity index is 2.49. The molecule has 0 saturated heterocycles. The van der Waals surface area contributed by atoms with E-state index < -0.39 is 0 Å². The maximum absolute atomic E-state index is 5.92. The number of thioether (sulfide) groups is 1. The Kier molecular flexibility index (Phi) is 2.79. The Morgan fingerprint density at radius 1 is 1.43 bits per heavy atom. The van der Waals surface area contributed by atoms with Gasteiger partial charge in [0.2, 0.25) is 0 Å². The van der Waals surface area contributed by atoms with E-state index in [4.69, 9.17) is 11.6 Å². The predicted octanol–water partition coefficient (Wildman–Crippen LogP) is 3.25. The van der Waals surface area contributed by atoms with Gasteiger partial charge in [0, 0.05) is 23.1 Å². The van der Waals surface area contributed by atoms with E-state index in [2.05, 4.69) is 4.98 Å². The first kappa shape index (κ1) is 9.62. The molecule has 2 nitrogen and oxygen atoms in total. The van der Waals surface area contributed by atoms with Crippen LogP contribution in [0.2, 0.25) is 5.02 Å². The average molecular weight is 225 g/mol. The van der Waals surface area contributed by atoms with Gasteiger partial charge in [-0.1, -0.05) is 29.4 Å². The average Bonchev–Trinajstić information content (AvgIpc) is 2.65. The summed E-state index contributed by atoms with van der Waals surface area (Å²) in [5.74, 6) is 0. The van der Waals surface area contributed by atoms with Crippen LogP contribution >= 0.6 is 23.4 Å². The molecule has 1 aromatic carbocycles. The molecule has 0 unspecified atom stereocenters. The first-order valence-corrected chi connectivity index (χ1v) is 5.75. The van der Waals surface area contributed by atoms with Crippen LogP contribution in [-0.4, -0.2) is 15.8 Å². The minimum atomic E-state index is 0.739. The van der Waals surface area contributed by atoms with Crippen molar-refractivity contribution in [2.45, 2.75) is 5.16 Å². The Hall–Kier alpha value is -0.930. The van der Waals surface area contributed by atoms with Crippen LogP contribution in [0.5, 0.6) is 0 Å². The zero-order chi connectivity index (χ0) is 9.97. The zero-order valence-corrected chi connectivity index (χ0v) is 9.22. The molecule has 0 N–H and O–H groups in total. The summed E-state index contributed by atoms with van der Waals surface area (Å²) in [4.78, 5) is 4.22. The highest BCUT2D eigenvalue weighted by molar-refractivity contribution is 7.98. The molecule has 72 valence electrons. The van der Waals surface area contributed by atoms with E-state index >= 15 is 0 Å². The third-order valence-electron chi connectivity index (χ3n) is 1.88. The largest absolute Gasteiger partial charge is 0.295 e. The Morgan fingerprint density at radius 3 is 3.00 bits per heavy atom. The van der Waals surface area contributed by atoms with Gasteiger partial charge in [-0.2, -0.15) is 0 Å². The quantitative estimate of drug-likeness (QED) is 0.729. The second kappa shape index (κ2) is 4.07. The highest BCUT2D eigenvalue weighted by Gasteiger charge is 2.02. The van der Waals surface area contributed by atoms with Gasteiger partial charge in [0.25, 0.3) is 0 Å². The Morgan fingerprint density at radius 2 is 2.29 bits per heavy atom. The number of benzene rings is 1. The molecule has 0 saturated carbocycles. The summed E-state index contributed by atoms with van der Waals surface area (Å²) < 4.78 is 2.01. The maximum Gasteiger partial charge on any atom is 0.172 e. The SMILES string of the molecule is CSc1nccn1-c1cccc(Cl)c1. The van der Waals surface area contributed by atoms with Crippen LogP contribution in [0.4, 0.5) is 0 Å². The molecule has 0 radical (unpaired) electrons. The first-order chi connectivity index (χ1) is 6.81. The van der Waals surface area contributed by atoms with E-state index in [1.54, 1.807) is 18.0 Å². The number of imidazole rings is 1. The van der Waals surface area contributed by atoms with Crippen molar-refractivity contribution < 1.29 is 0 Å². The number of hydrogen-bond acceptors (Lipinski definition) is 2. The van der Waals surface area contributed by atoms with Crippen LogP contribution in [-0.2, 0) is 0 Å². The minimum absolute atomic E-state index is 0.739. The molecule has 0 spiro atoms. The van der Waals surface area contributed by atoms with Gasteiger partial charge >= 0.3 is 0 Å². The summed E-state index contributed by atoms with van der Waals surface area (Å²) in [6.45, 7) is 0. The van der Waals surface area contributed by atoms with Crippen molar-refractivity contribution in [2.75, 3.05) is 6.26 Å². The second-order valence-electron chi connectivity index (χ2n) is 2.76. The van der Waals surface area contributed by atoms with Crippen molar-refractivity contribution in [1.82, 2.24) is 9.55 Å². The molecule has 1 heterocycles. The lowest BCUT2D eigenvalue weighted by Gasteiger charge is -2.05. The number of halogens is 1. The zero-order valence-electron chi connectivity index (χ0n) is 7.64. The molecule has 0 amide bonds. The molecular formula is C10H9ClN2S. The van der Waals surface area contributed by atoms with Crippen molar-refractivity contribution >= 4 is 23.4 Å². The topological polar surface area (TPSA) is 17.8 Å². The Bertz CT molecular complexity index is 439. The van der Waals surface area contributed by atoms with Crippen LogP contribution < -0.4 is 0 Å². The molecule has 14 heavy (non-hydrogen) atoms. The molecular weight excluding hydrogens is 216 g/mol. The first-order valence-electron chi connectivity index (χ1n) is 4.14. The van der Waals surface area contributed by atoms with Crippen molar-refractivity contribution in [3.63, 3.8) is 0 Å².